The highest BCUT2D eigenvalue weighted by atomic mass is 35.5. The minimum Gasteiger partial charge on any atom is -0.497 e. The Hall–Kier alpha value is -3.51. The smallest absolute Gasteiger partial charge is 0.255 e. The fourth-order valence-electron chi connectivity index (χ4n) is 3.33. The summed E-state index contributed by atoms with van der Waals surface area (Å²) in [6.07, 6.45) is 0. The van der Waals surface area contributed by atoms with E-state index in [9.17, 15) is 4.79 Å². The van der Waals surface area contributed by atoms with Crippen molar-refractivity contribution < 1.29 is 18.7 Å². The van der Waals surface area contributed by atoms with E-state index in [1.165, 1.54) is 19.8 Å². The van der Waals surface area contributed by atoms with Crippen LogP contribution in [0, 0.1) is 0 Å². The number of amides is 1. The van der Waals surface area contributed by atoms with E-state index in [0.717, 1.165) is 5.52 Å². The van der Waals surface area contributed by atoms with Gasteiger partial charge in [-0.1, -0.05) is 31.5 Å². The van der Waals surface area contributed by atoms with E-state index in [2.05, 4.69) is 24.1 Å². The second kappa shape index (κ2) is 8.93. The Labute approximate surface area is 191 Å². The molecule has 0 atom stereocenters. The van der Waals surface area contributed by atoms with E-state index < -0.39 is 0 Å². The average Bonchev–Trinajstić information content (AvgIpc) is 3.22. The highest BCUT2D eigenvalue weighted by Gasteiger charge is 2.16. The molecule has 1 aromatic heterocycles. The van der Waals surface area contributed by atoms with Crippen LogP contribution in [0.3, 0.4) is 0 Å². The Morgan fingerprint density at radius 3 is 2.38 bits per heavy atom. The first-order valence-electron chi connectivity index (χ1n) is 10.1. The van der Waals surface area contributed by atoms with E-state index in [0.29, 0.717) is 50.7 Å². The molecule has 0 aliphatic rings. The summed E-state index contributed by atoms with van der Waals surface area (Å²) in [5.41, 5.74) is 4.17. The molecule has 4 aromatic rings. The van der Waals surface area contributed by atoms with Crippen molar-refractivity contribution in [2.45, 2.75) is 19.8 Å². The van der Waals surface area contributed by atoms with Crippen molar-refractivity contribution >= 4 is 34.3 Å². The molecule has 164 valence electrons. The summed E-state index contributed by atoms with van der Waals surface area (Å²) in [7, 11) is 3.07. The molecule has 0 saturated heterocycles. The van der Waals surface area contributed by atoms with Gasteiger partial charge in [0.2, 0.25) is 5.89 Å². The van der Waals surface area contributed by atoms with Gasteiger partial charge in [0.05, 0.1) is 24.8 Å². The number of fused-ring (bicyclic) bond motifs is 1. The number of carbonyl (C=O) groups is 1. The monoisotopic (exact) mass is 450 g/mol. The Kier molecular flexibility index (Phi) is 6.06. The summed E-state index contributed by atoms with van der Waals surface area (Å²) in [6.45, 7) is 4.26. The van der Waals surface area contributed by atoms with Gasteiger partial charge in [-0.15, -0.1) is 0 Å². The number of nitrogens with one attached hydrogen (secondary N) is 1. The minimum absolute atomic E-state index is 0.311. The molecule has 32 heavy (non-hydrogen) atoms. The molecule has 0 radical (unpaired) electrons. The number of methoxy groups -OCH3 is 2. The number of rotatable bonds is 6. The van der Waals surface area contributed by atoms with Crippen LogP contribution in [0.1, 0.15) is 35.7 Å². The lowest BCUT2D eigenvalue weighted by atomic mass is 10.0. The quantitative estimate of drug-likeness (QED) is 0.361. The lowest BCUT2D eigenvalue weighted by Gasteiger charge is -2.10. The number of benzene rings is 3. The lowest BCUT2D eigenvalue weighted by molar-refractivity contribution is 0.102. The van der Waals surface area contributed by atoms with Crippen molar-refractivity contribution in [3.8, 4) is 23.0 Å². The van der Waals surface area contributed by atoms with Crippen LogP contribution in [0.5, 0.6) is 11.5 Å². The van der Waals surface area contributed by atoms with Gasteiger partial charge in [-0.2, -0.15) is 0 Å². The van der Waals surface area contributed by atoms with Crippen LogP contribution >= 0.6 is 11.6 Å². The van der Waals surface area contributed by atoms with Crippen LogP contribution in [0.2, 0.25) is 5.02 Å². The Morgan fingerprint density at radius 1 is 1.00 bits per heavy atom. The summed E-state index contributed by atoms with van der Waals surface area (Å²) in [5.74, 6) is 1.52. The molecule has 0 bridgehead atoms. The third-order valence-electron chi connectivity index (χ3n) is 5.15. The van der Waals surface area contributed by atoms with Crippen LogP contribution in [0.15, 0.2) is 59.0 Å². The molecule has 0 fully saturated rings. The molecular weight excluding hydrogens is 428 g/mol. The first kappa shape index (κ1) is 21.7. The molecule has 0 unspecified atom stereocenters. The maximum atomic E-state index is 12.8. The maximum Gasteiger partial charge on any atom is 0.255 e. The zero-order valence-electron chi connectivity index (χ0n) is 18.2. The SMILES string of the molecule is COc1cc(OC)cc(C(=O)Nc2ccc(Cl)c(-c3nc4cc(C(C)C)ccc4o3)c2)c1. The topological polar surface area (TPSA) is 73.6 Å². The largest absolute Gasteiger partial charge is 0.497 e. The van der Waals surface area contributed by atoms with Crippen LogP contribution < -0.4 is 14.8 Å². The predicted molar refractivity (Wildman–Crippen MR) is 126 cm³/mol. The molecule has 1 amide bonds. The standard InChI is InChI=1S/C25H23ClN2O4/c1-14(2)15-5-8-23-22(11-15)28-25(32-23)20-12-17(6-7-21(20)26)27-24(29)16-9-18(30-3)13-19(10-16)31-4/h5-14H,1-4H3,(H,27,29). The molecule has 1 heterocycles. The van der Waals surface area contributed by atoms with Gasteiger partial charge in [0.25, 0.3) is 5.91 Å². The molecule has 1 N–H and O–H groups in total. The van der Waals surface area contributed by atoms with Crippen molar-refractivity contribution in [1.29, 1.82) is 0 Å². The second-order valence-corrected chi connectivity index (χ2v) is 8.06. The van der Waals surface area contributed by atoms with E-state index in [-0.39, 0.29) is 5.91 Å². The molecule has 0 aliphatic carbocycles. The van der Waals surface area contributed by atoms with Gasteiger partial charge in [0.15, 0.2) is 5.58 Å². The average molecular weight is 451 g/mol. The van der Waals surface area contributed by atoms with E-state index in [1.807, 2.05) is 18.2 Å². The molecular formula is C25H23ClN2O4. The number of halogens is 1. The predicted octanol–water partition coefficient (Wildman–Crippen LogP) is 6.54. The Bertz CT molecular complexity index is 1270. The second-order valence-electron chi connectivity index (χ2n) is 7.65. The van der Waals surface area contributed by atoms with E-state index >= 15 is 0 Å². The number of oxazole rings is 1. The Balaban J connectivity index is 1.65. The molecule has 3 aromatic carbocycles. The third-order valence-corrected chi connectivity index (χ3v) is 5.48. The zero-order chi connectivity index (χ0) is 22.8. The van der Waals surface area contributed by atoms with Gasteiger partial charge in [0, 0.05) is 17.3 Å². The molecule has 0 spiro atoms. The van der Waals surface area contributed by atoms with Crippen LogP contribution in [0.4, 0.5) is 5.69 Å². The molecule has 7 heteroatoms. The van der Waals surface area contributed by atoms with Crippen molar-refractivity contribution in [2.75, 3.05) is 19.5 Å². The highest BCUT2D eigenvalue weighted by Crippen LogP contribution is 2.33. The molecule has 4 rings (SSSR count). The van der Waals surface area contributed by atoms with Crippen molar-refractivity contribution in [2.24, 2.45) is 0 Å². The van der Waals surface area contributed by atoms with Crippen LogP contribution in [-0.2, 0) is 0 Å². The first-order valence-corrected chi connectivity index (χ1v) is 10.5. The summed E-state index contributed by atoms with van der Waals surface area (Å²) < 4.78 is 16.4. The van der Waals surface area contributed by atoms with Crippen LogP contribution in [-0.4, -0.2) is 25.1 Å². The number of nitrogens with zero attached hydrogens (tertiary/aromatic N) is 1. The van der Waals surface area contributed by atoms with Crippen molar-refractivity contribution in [3.63, 3.8) is 0 Å². The van der Waals surface area contributed by atoms with Gasteiger partial charge in [-0.25, -0.2) is 4.98 Å². The number of hydrogen-bond acceptors (Lipinski definition) is 5. The lowest BCUT2D eigenvalue weighted by Crippen LogP contribution is -2.12. The van der Waals surface area contributed by atoms with E-state index in [4.69, 9.17) is 25.5 Å². The molecule has 0 saturated carbocycles. The zero-order valence-corrected chi connectivity index (χ0v) is 19.0. The maximum absolute atomic E-state index is 12.8. The van der Waals surface area contributed by atoms with Crippen molar-refractivity contribution in [3.05, 3.63) is 70.7 Å². The molecule has 0 aliphatic heterocycles. The summed E-state index contributed by atoms with van der Waals surface area (Å²) in [5, 5.41) is 3.35. The third kappa shape index (κ3) is 4.41. The highest BCUT2D eigenvalue weighted by molar-refractivity contribution is 6.33. The fourth-order valence-corrected chi connectivity index (χ4v) is 3.53. The van der Waals surface area contributed by atoms with Crippen molar-refractivity contribution in [1.82, 2.24) is 4.98 Å². The van der Waals surface area contributed by atoms with Gasteiger partial charge in [0.1, 0.15) is 17.0 Å². The first-order chi connectivity index (χ1) is 15.4. The normalized spacial score (nSPS) is 11.1. The van der Waals surface area contributed by atoms with Gasteiger partial charge in [-0.3, -0.25) is 4.79 Å². The number of ether oxygens (including phenoxy) is 2. The summed E-state index contributed by atoms with van der Waals surface area (Å²) in [6, 6.07) is 16.1. The van der Waals surface area contributed by atoms with Gasteiger partial charge < -0.3 is 19.2 Å². The number of anilines is 1. The minimum atomic E-state index is -0.311. The summed E-state index contributed by atoms with van der Waals surface area (Å²) in [4.78, 5) is 17.4. The number of hydrogen-bond donors (Lipinski definition) is 1. The van der Waals surface area contributed by atoms with Crippen LogP contribution in [0.25, 0.3) is 22.6 Å². The van der Waals surface area contributed by atoms with Gasteiger partial charge in [-0.05, 0) is 53.9 Å². The number of aromatic nitrogens is 1. The van der Waals surface area contributed by atoms with Gasteiger partial charge >= 0.3 is 0 Å². The Morgan fingerprint density at radius 2 is 1.72 bits per heavy atom. The molecule has 6 nitrogen and oxygen atoms in total. The number of carbonyl (C=O) groups excluding carboxylic acids is 1. The summed E-state index contributed by atoms with van der Waals surface area (Å²) >= 11 is 6.43. The fraction of sp³-hybridized carbons (Fsp3) is 0.200. The van der Waals surface area contributed by atoms with E-state index in [1.54, 1.807) is 36.4 Å².